The van der Waals surface area contributed by atoms with Gasteiger partial charge >= 0.3 is 0 Å². The topological polar surface area (TPSA) is 81.0 Å². The van der Waals surface area contributed by atoms with Crippen LogP contribution < -0.4 is 5.11 Å². The highest BCUT2D eigenvalue weighted by atomic mass is 16.4. The minimum absolute atomic E-state index is 0.335. The van der Waals surface area contributed by atoms with Gasteiger partial charge in [-0.25, -0.2) is 0 Å². The van der Waals surface area contributed by atoms with E-state index >= 15 is 0 Å². The molecule has 0 aromatic heterocycles. The average molecular weight is 168 g/mol. The second kappa shape index (κ2) is 3.35. The molecule has 0 spiro atoms. The quantitative estimate of drug-likeness (QED) is 0.568. The van der Waals surface area contributed by atoms with Gasteiger partial charge in [0.25, 0.3) is 0 Å². The molecule has 12 heavy (non-hydrogen) atoms. The van der Waals surface area contributed by atoms with E-state index in [2.05, 4.69) is 0 Å². The monoisotopic (exact) mass is 168 g/mol. The van der Waals surface area contributed by atoms with E-state index in [0.717, 1.165) is 0 Å². The first kappa shape index (κ1) is 10.6. The molecule has 0 amide bonds. The number of nitrogens with zero attached hydrogens (tertiary/aromatic N) is 1. The summed E-state index contributed by atoms with van der Waals surface area (Å²) in [6.07, 6.45) is 0. The second-order valence-electron chi connectivity index (χ2n) is 3.16. The lowest BCUT2D eigenvalue weighted by molar-refractivity contribution is -0.312. The molecule has 0 bridgehead atoms. The van der Waals surface area contributed by atoms with E-state index in [1.807, 2.05) is 0 Å². The van der Waals surface area contributed by atoms with E-state index in [4.69, 9.17) is 5.26 Å². The number of carboxylic acids is 1. The Hall–Kier alpha value is -1.37. The first-order valence-electron chi connectivity index (χ1n) is 3.45. The molecule has 1 atom stereocenters. The molecule has 0 aromatic rings. The SMILES string of the molecule is CC(=O)C(C)(C)[C@H](C#N)C(=O)[O-]. The van der Waals surface area contributed by atoms with Crippen LogP contribution in [0.2, 0.25) is 0 Å². The summed E-state index contributed by atoms with van der Waals surface area (Å²) in [5.74, 6) is -3.22. The van der Waals surface area contributed by atoms with Crippen LogP contribution >= 0.6 is 0 Å². The molecule has 66 valence electrons. The van der Waals surface area contributed by atoms with Crippen LogP contribution in [0.15, 0.2) is 0 Å². The predicted molar refractivity (Wildman–Crippen MR) is 38.6 cm³/mol. The highest BCUT2D eigenvalue weighted by Crippen LogP contribution is 2.26. The smallest absolute Gasteiger partial charge is 0.137 e. The molecule has 4 nitrogen and oxygen atoms in total. The second-order valence-corrected chi connectivity index (χ2v) is 3.16. The highest BCUT2D eigenvalue weighted by molar-refractivity contribution is 5.88. The number of hydrogen-bond donors (Lipinski definition) is 0. The van der Waals surface area contributed by atoms with Crippen LogP contribution in [0.4, 0.5) is 0 Å². The van der Waals surface area contributed by atoms with Crippen molar-refractivity contribution in [1.29, 1.82) is 5.26 Å². The van der Waals surface area contributed by atoms with Crippen molar-refractivity contribution in [3.63, 3.8) is 0 Å². The molecule has 0 radical (unpaired) electrons. The summed E-state index contributed by atoms with van der Waals surface area (Å²) in [5.41, 5.74) is -1.17. The third-order valence-corrected chi connectivity index (χ3v) is 1.99. The Balaban J connectivity index is 4.87. The van der Waals surface area contributed by atoms with Gasteiger partial charge in [0.2, 0.25) is 0 Å². The Labute approximate surface area is 70.8 Å². The van der Waals surface area contributed by atoms with Gasteiger partial charge in [-0.2, -0.15) is 5.26 Å². The number of rotatable bonds is 3. The average Bonchev–Trinajstić information content (AvgIpc) is 1.86. The van der Waals surface area contributed by atoms with Crippen molar-refractivity contribution in [1.82, 2.24) is 0 Å². The van der Waals surface area contributed by atoms with Crippen molar-refractivity contribution in [3.05, 3.63) is 0 Å². The fraction of sp³-hybridized carbons (Fsp3) is 0.625. The summed E-state index contributed by atoms with van der Waals surface area (Å²) in [5, 5.41) is 18.9. The fourth-order valence-electron chi connectivity index (χ4n) is 0.712. The summed E-state index contributed by atoms with van der Waals surface area (Å²) in [6, 6.07) is 1.54. The molecule has 4 heteroatoms. The third-order valence-electron chi connectivity index (χ3n) is 1.99. The van der Waals surface area contributed by atoms with E-state index in [1.165, 1.54) is 20.8 Å². The van der Waals surface area contributed by atoms with E-state index in [9.17, 15) is 14.7 Å². The van der Waals surface area contributed by atoms with Gasteiger partial charge < -0.3 is 9.90 Å². The van der Waals surface area contributed by atoms with Crippen molar-refractivity contribution in [2.75, 3.05) is 0 Å². The fourth-order valence-corrected chi connectivity index (χ4v) is 0.712. The zero-order valence-electron chi connectivity index (χ0n) is 7.25. The molecule has 0 aromatic carbocycles. The van der Waals surface area contributed by atoms with Crippen LogP contribution in [-0.4, -0.2) is 11.8 Å². The zero-order chi connectivity index (χ0) is 9.94. The van der Waals surface area contributed by atoms with Gasteiger partial charge in [0.15, 0.2) is 0 Å². The molecule has 0 fully saturated rings. The normalized spacial score (nSPS) is 13.2. The molecule has 0 N–H and O–H groups in total. The lowest BCUT2D eigenvalue weighted by atomic mass is 9.77. The Morgan fingerprint density at radius 2 is 1.92 bits per heavy atom. The largest absolute Gasteiger partial charge is 0.549 e. The Morgan fingerprint density at radius 1 is 1.50 bits per heavy atom. The van der Waals surface area contributed by atoms with Crippen LogP contribution in [0.5, 0.6) is 0 Å². The first-order chi connectivity index (χ1) is 5.34. The molecular weight excluding hydrogens is 158 g/mol. The van der Waals surface area contributed by atoms with Gasteiger partial charge in [0, 0.05) is 5.41 Å². The van der Waals surface area contributed by atoms with E-state index < -0.39 is 17.3 Å². The standard InChI is InChI=1S/C8H11NO3/c1-5(10)8(2,3)6(4-9)7(11)12/h6H,1-3H3,(H,11,12)/p-1/t6-/m1/s1. The van der Waals surface area contributed by atoms with Crippen molar-refractivity contribution < 1.29 is 14.7 Å². The molecule has 0 saturated heterocycles. The van der Waals surface area contributed by atoms with Crippen LogP contribution in [0.1, 0.15) is 20.8 Å². The molecule has 0 aliphatic heterocycles. The van der Waals surface area contributed by atoms with Crippen molar-refractivity contribution in [3.8, 4) is 6.07 Å². The van der Waals surface area contributed by atoms with Crippen LogP contribution in [0, 0.1) is 22.7 Å². The zero-order valence-corrected chi connectivity index (χ0v) is 7.25. The lowest BCUT2D eigenvalue weighted by Gasteiger charge is -2.27. The minimum Gasteiger partial charge on any atom is -0.549 e. The third kappa shape index (κ3) is 1.82. The summed E-state index contributed by atoms with van der Waals surface area (Å²) >= 11 is 0. The number of carbonyl (C=O) groups is 2. The molecular formula is C8H10NO3-. The Kier molecular flexibility index (Phi) is 2.97. The van der Waals surface area contributed by atoms with Crippen molar-refractivity contribution in [2.24, 2.45) is 11.3 Å². The molecule has 0 aliphatic rings. The van der Waals surface area contributed by atoms with Crippen molar-refractivity contribution in [2.45, 2.75) is 20.8 Å². The van der Waals surface area contributed by atoms with Crippen LogP contribution in [0.25, 0.3) is 0 Å². The summed E-state index contributed by atoms with van der Waals surface area (Å²) in [6.45, 7) is 4.09. The summed E-state index contributed by atoms with van der Waals surface area (Å²) < 4.78 is 0. The number of carbonyl (C=O) groups excluding carboxylic acids is 2. The molecule has 0 saturated carbocycles. The van der Waals surface area contributed by atoms with Gasteiger partial charge in [0.05, 0.1) is 18.0 Å². The molecule has 0 aliphatic carbocycles. The number of aliphatic carboxylic acids is 1. The maximum atomic E-state index is 10.9. The van der Waals surface area contributed by atoms with E-state index in [0.29, 0.717) is 0 Å². The predicted octanol–water partition coefficient (Wildman–Crippen LogP) is -0.509. The summed E-state index contributed by atoms with van der Waals surface area (Å²) in [4.78, 5) is 21.3. The number of Topliss-reactive ketones (excluding diaryl/α,β-unsaturated/α-hetero) is 1. The molecule has 0 heterocycles. The van der Waals surface area contributed by atoms with Crippen LogP contribution in [0.3, 0.4) is 0 Å². The highest BCUT2D eigenvalue weighted by Gasteiger charge is 2.34. The van der Waals surface area contributed by atoms with E-state index in [-0.39, 0.29) is 5.78 Å². The van der Waals surface area contributed by atoms with Gasteiger partial charge in [0.1, 0.15) is 5.78 Å². The Morgan fingerprint density at radius 3 is 2.00 bits per heavy atom. The van der Waals surface area contributed by atoms with Gasteiger partial charge in [-0.05, 0) is 6.92 Å². The Bertz CT molecular complexity index is 250. The lowest BCUT2D eigenvalue weighted by Crippen LogP contribution is -2.42. The number of hydrogen-bond acceptors (Lipinski definition) is 4. The maximum Gasteiger partial charge on any atom is 0.137 e. The molecule has 0 rings (SSSR count). The molecule has 0 unspecified atom stereocenters. The van der Waals surface area contributed by atoms with Gasteiger partial charge in [-0.1, -0.05) is 13.8 Å². The minimum atomic E-state index is -1.50. The maximum absolute atomic E-state index is 10.9. The van der Waals surface area contributed by atoms with Crippen LogP contribution in [-0.2, 0) is 9.59 Å². The number of ketones is 1. The first-order valence-corrected chi connectivity index (χ1v) is 3.45. The van der Waals surface area contributed by atoms with Gasteiger partial charge in [-0.3, -0.25) is 4.79 Å². The van der Waals surface area contributed by atoms with Gasteiger partial charge in [-0.15, -0.1) is 0 Å². The van der Waals surface area contributed by atoms with E-state index in [1.54, 1.807) is 6.07 Å². The number of carboxylic acid groups (broad SMARTS) is 1. The number of nitriles is 1. The summed E-state index contributed by atoms with van der Waals surface area (Å²) in [7, 11) is 0. The van der Waals surface area contributed by atoms with Crippen molar-refractivity contribution >= 4 is 11.8 Å².